The van der Waals surface area contributed by atoms with E-state index in [4.69, 9.17) is 4.98 Å². The zero-order chi connectivity index (χ0) is 18.3. The molecule has 2 aromatic carbocycles. The van der Waals surface area contributed by atoms with Crippen molar-refractivity contribution in [2.24, 2.45) is 13.0 Å². The summed E-state index contributed by atoms with van der Waals surface area (Å²) in [4.78, 5) is 18.4. The normalized spacial score (nSPS) is 15.5. The maximum Gasteiger partial charge on any atom is 0.306 e. The Balaban J connectivity index is 1.72. The van der Waals surface area contributed by atoms with Crippen molar-refractivity contribution in [1.29, 1.82) is 0 Å². The van der Waals surface area contributed by atoms with Crippen molar-refractivity contribution >= 4 is 22.7 Å². The maximum absolute atomic E-state index is 11.2. The Kier molecular flexibility index (Phi) is 4.15. The van der Waals surface area contributed by atoms with E-state index in [1.54, 1.807) is 0 Å². The summed E-state index contributed by atoms with van der Waals surface area (Å²) in [5.74, 6) is 0.0486. The lowest BCUT2D eigenvalue weighted by atomic mass is 9.96. The molecule has 1 aromatic heterocycles. The highest BCUT2D eigenvalue weighted by molar-refractivity contribution is 5.92. The summed E-state index contributed by atoms with van der Waals surface area (Å²) in [5.41, 5.74) is 5.51. The fourth-order valence-electron chi connectivity index (χ4n) is 3.78. The zero-order valence-corrected chi connectivity index (χ0v) is 15.1. The van der Waals surface area contributed by atoms with Gasteiger partial charge in [-0.2, -0.15) is 0 Å². The fraction of sp³-hybridized carbons (Fsp3) is 0.333. The number of carboxylic acid groups (broad SMARTS) is 1. The molecule has 1 aliphatic rings. The molecule has 0 bridgehead atoms. The van der Waals surface area contributed by atoms with Gasteiger partial charge in [0.05, 0.1) is 17.1 Å². The maximum atomic E-state index is 11.2. The summed E-state index contributed by atoms with van der Waals surface area (Å²) in [6, 6.07) is 14.7. The SMILES string of the molecule is Cc1ccc(-c2nc3c(N4CCC(C(=O)O)CC4)cccc3n2C)cc1. The van der Waals surface area contributed by atoms with Crippen LogP contribution in [0.3, 0.4) is 0 Å². The number of aliphatic carboxylic acids is 1. The summed E-state index contributed by atoms with van der Waals surface area (Å²) in [5, 5.41) is 9.22. The molecule has 3 aromatic rings. The standard InChI is InChI=1S/C21H23N3O2/c1-14-6-8-15(9-7-14)20-22-19-17(23(20)2)4-3-5-18(19)24-12-10-16(11-13-24)21(25)26/h3-9,16H,10-13H2,1-2H3,(H,25,26). The van der Waals surface area contributed by atoms with Crippen LogP contribution < -0.4 is 4.90 Å². The van der Waals surface area contributed by atoms with Crippen molar-refractivity contribution in [3.63, 3.8) is 0 Å². The number of anilines is 1. The van der Waals surface area contributed by atoms with Gasteiger partial charge >= 0.3 is 5.97 Å². The Morgan fingerprint density at radius 1 is 1.12 bits per heavy atom. The van der Waals surface area contributed by atoms with E-state index in [9.17, 15) is 9.90 Å². The van der Waals surface area contributed by atoms with Crippen LogP contribution in [0.5, 0.6) is 0 Å². The number of benzene rings is 2. The monoisotopic (exact) mass is 349 g/mol. The zero-order valence-electron chi connectivity index (χ0n) is 15.1. The fourth-order valence-corrected chi connectivity index (χ4v) is 3.78. The van der Waals surface area contributed by atoms with Crippen LogP contribution in [0.15, 0.2) is 42.5 Å². The first-order valence-corrected chi connectivity index (χ1v) is 9.05. The second kappa shape index (κ2) is 6.48. The molecular weight excluding hydrogens is 326 g/mol. The van der Waals surface area contributed by atoms with Gasteiger partial charge in [0.25, 0.3) is 0 Å². The Bertz CT molecular complexity index is 951. The molecule has 0 spiro atoms. The molecule has 1 saturated heterocycles. The van der Waals surface area contributed by atoms with Crippen molar-refractivity contribution in [2.45, 2.75) is 19.8 Å². The molecule has 0 amide bonds. The third kappa shape index (κ3) is 2.83. The predicted octanol–water partition coefficient (Wildman–Crippen LogP) is 3.85. The lowest BCUT2D eigenvalue weighted by Crippen LogP contribution is -2.36. The van der Waals surface area contributed by atoms with E-state index >= 15 is 0 Å². The highest BCUT2D eigenvalue weighted by Crippen LogP contribution is 2.32. The van der Waals surface area contributed by atoms with Gasteiger partial charge in [0, 0.05) is 25.7 Å². The van der Waals surface area contributed by atoms with E-state index in [0.717, 1.165) is 41.2 Å². The van der Waals surface area contributed by atoms with Crippen LogP contribution in [0.2, 0.25) is 0 Å². The van der Waals surface area contributed by atoms with E-state index in [-0.39, 0.29) is 5.92 Å². The summed E-state index contributed by atoms with van der Waals surface area (Å²) in [7, 11) is 2.05. The average Bonchev–Trinajstić information content (AvgIpc) is 2.99. The minimum atomic E-state index is -0.678. The molecule has 0 unspecified atom stereocenters. The first-order chi connectivity index (χ1) is 12.5. The van der Waals surface area contributed by atoms with Crippen LogP contribution in [0.25, 0.3) is 22.4 Å². The first kappa shape index (κ1) is 16.6. The quantitative estimate of drug-likeness (QED) is 0.780. The molecule has 134 valence electrons. The summed E-state index contributed by atoms with van der Waals surface area (Å²) < 4.78 is 2.13. The highest BCUT2D eigenvalue weighted by Gasteiger charge is 2.26. The first-order valence-electron chi connectivity index (χ1n) is 9.05. The van der Waals surface area contributed by atoms with Crippen LogP contribution in [0.1, 0.15) is 18.4 Å². The van der Waals surface area contributed by atoms with Gasteiger partial charge in [-0.3, -0.25) is 4.79 Å². The van der Waals surface area contributed by atoms with Gasteiger partial charge in [-0.25, -0.2) is 4.98 Å². The molecule has 0 atom stereocenters. The molecule has 0 saturated carbocycles. The van der Waals surface area contributed by atoms with E-state index in [1.165, 1.54) is 5.56 Å². The van der Waals surface area contributed by atoms with Crippen molar-refractivity contribution in [1.82, 2.24) is 9.55 Å². The number of piperidine rings is 1. The number of aromatic nitrogens is 2. The predicted molar refractivity (Wildman–Crippen MR) is 103 cm³/mol. The summed E-state index contributed by atoms with van der Waals surface area (Å²) in [6.07, 6.45) is 1.37. The Labute approximate surface area is 152 Å². The highest BCUT2D eigenvalue weighted by atomic mass is 16.4. The molecular formula is C21H23N3O2. The number of hydrogen-bond acceptors (Lipinski definition) is 3. The van der Waals surface area contributed by atoms with Gasteiger partial charge in [-0.1, -0.05) is 35.9 Å². The number of aryl methyl sites for hydroxylation is 2. The van der Waals surface area contributed by atoms with Crippen LogP contribution in [0, 0.1) is 12.8 Å². The van der Waals surface area contributed by atoms with Crippen molar-refractivity contribution in [3.05, 3.63) is 48.0 Å². The van der Waals surface area contributed by atoms with Gasteiger partial charge in [0.15, 0.2) is 0 Å². The third-order valence-corrected chi connectivity index (χ3v) is 5.38. The van der Waals surface area contributed by atoms with Gasteiger partial charge < -0.3 is 14.6 Å². The Hall–Kier alpha value is -2.82. The molecule has 0 aliphatic carbocycles. The Morgan fingerprint density at radius 2 is 1.81 bits per heavy atom. The lowest BCUT2D eigenvalue weighted by molar-refractivity contribution is -0.142. The molecule has 4 rings (SSSR count). The van der Waals surface area contributed by atoms with E-state index < -0.39 is 5.97 Å². The third-order valence-electron chi connectivity index (χ3n) is 5.38. The van der Waals surface area contributed by atoms with E-state index in [0.29, 0.717) is 12.8 Å². The Morgan fingerprint density at radius 3 is 2.46 bits per heavy atom. The second-order valence-corrected chi connectivity index (χ2v) is 7.10. The minimum absolute atomic E-state index is 0.225. The van der Waals surface area contributed by atoms with Crippen molar-refractivity contribution < 1.29 is 9.90 Å². The largest absolute Gasteiger partial charge is 0.481 e. The molecule has 0 radical (unpaired) electrons. The number of carbonyl (C=O) groups is 1. The minimum Gasteiger partial charge on any atom is -0.481 e. The number of hydrogen-bond donors (Lipinski definition) is 1. The van der Waals surface area contributed by atoms with E-state index in [1.807, 2.05) is 7.05 Å². The number of fused-ring (bicyclic) bond motifs is 1. The second-order valence-electron chi connectivity index (χ2n) is 7.10. The molecule has 2 heterocycles. The van der Waals surface area contributed by atoms with Crippen LogP contribution in [-0.2, 0) is 11.8 Å². The van der Waals surface area contributed by atoms with E-state index in [2.05, 4.69) is 58.9 Å². The number of rotatable bonds is 3. The van der Waals surface area contributed by atoms with Crippen molar-refractivity contribution in [3.8, 4) is 11.4 Å². The molecule has 1 aliphatic heterocycles. The van der Waals surface area contributed by atoms with Gasteiger partial charge in [-0.15, -0.1) is 0 Å². The smallest absolute Gasteiger partial charge is 0.306 e. The van der Waals surface area contributed by atoms with Gasteiger partial charge in [0.2, 0.25) is 0 Å². The molecule has 5 heteroatoms. The van der Waals surface area contributed by atoms with Crippen LogP contribution in [-0.4, -0.2) is 33.7 Å². The topological polar surface area (TPSA) is 58.4 Å². The number of para-hydroxylation sites is 1. The molecule has 1 N–H and O–H groups in total. The molecule has 1 fully saturated rings. The average molecular weight is 349 g/mol. The number of carboxylic acids is 1. The van der Waals surface area contributed by atoms with Crippen LogP contribution >= 0.6 is 0 Å². The van der Waals surface area contributed by atoms with Gasteiger partial charge in [0.1, 0.15) is 11.3 Å². The molecule has 26 heavy (non-hydrogen) atoms. The summed E-state index contributed by atoms with van der Waals surface area (Å²) >= 11 is 0. The number of nitrogens with zero attached hydrogens (tertiary/aromatic N) is 3. The van der Waals surface area contributed by atoms with Gasteiger partial charge in [-0.05, 0) is 31.9 Å². The van der Waals surface area contributed by atoms with Crippen LogP contribution in [0.4, 0.5) is 5.69 Å². The lowest BCUT2D eigenvalue weighted by Gasteiger charge is -2.32. The van der Waals surface area contributed by atoms with Crippen molar-refractivity contribution in [2.75, 3.05) is 18.0 Å². The summed E-state index contributed by atoms with van der Waals surface area (Å²) in [6.45, 7) is 3.59. The molecule has 5 nitrogen and oxygen atoms in total. The number of imidazole rings is 1.